The van der Waals surface area contributed by atoms with Crippen LogP contribution in [0.3, 0.4) is 0 Å². The second-order valence-corrected chi connectivity index (χ2v) is 7.71. The quantitative estimate of drug-likeness (QED) is 0.830. The molecule has 2 unspecified atom stereocenters. The van der Waals surface area contributed by atoms with Crippen LogP contribution in [0.5, 0.6) is 0 Å². The molecule has 5 heteroatoms. The molecule has 1 aromatic carbocycles. The van der Waals surface area contributed by atoms with Crippen molar-refractivity contribution in [1.29, 1.82) is 0 Å². The molecule has 1 fully saturated rings. The molecule has 2 atom stereocenters. The van der Waals surface area contributed by atoms with Crippen molar-refractivity contribution in [3.63, 3.8) is 0 Å². The zero-order valence-electron chi connectivity index (χ0n) is 15.2. The van der Waals surface area contributed by atoms with Gasteiger partial charge in [0, 0.05) is 17.6 Å². The smallest absolute Gasteiger partial charge is 0.257 e. The van der Waals surface area contributed by atoms with Crippen LogP contribution < -0.4 is 0 Å². The van der Waals surface area contributed by atoms with E-state index in [4.69, 9.17) is 4.74 Å². The van der Waals surface area contributed by atoms with Crippen LogP contribution in [0.2, 0.25) is 0 Å². The first-order chi connectivity index (χ1) is 12.0. The van der Waals surface area contributed by atoms with Crippen molar-refractivity contribution in [3.05, 3.63) is 53.2 Å². The maximum atomic E-state index is 13.1. The number of aromatic nitrogens is 1. The van der Waals surface area contributed by atoms with Crippen molar-refractivity contribution in [1.82, 2.24) is 9.88 Å². The second-order valence-electron chi connectivity index (χ2n) is 6.68. The zero-order chi connectivity index (χ0) is 18.0. The normalized spacial score (nSPS) is 20.6. The number of carbonyl (C=O) groups excluding carboxylic acids is 1. The monoisotopic (exact) mass is 356 g/mol. The average Bonchev–Trinajstić information content (AvgIpc) is 2.59. The third-order valence-corrected chi connectivity index (χ3v) is 5.60. The number of hydrogen-bond donors (Lipinski definition) is 0. The second kappa shape index (κ2) is 7.58. The minimum Gasteiger partial charge on any atom is -0.375 e. The summed E-state index contributed by atoms with van der Waals surface area (Å²) in [6, 6.07) is 10.1. The molecule has 0 bridgehead atoms. The van der Waals surface area contributed by atoms with Gasteiger partial charge in [0.25, 0.3) is 5.91 Å². The van der Waals surface area contributed by atoms with E-state index < -0.39 is 0 Å². The number of rotatable bonds is 3. The zero-order valence-corrected chi connectivity index (χ0v) is 16.0. The van der Waals surface area contributed by atoms with Gasteiger partial charge in [0.1, 0.15) is 5.03 Å². The van der Waals surface area contributed by atoms with E-state index in [0.29, 0.717) is 18.7 Å². The number of aryl methyl sites for hydroxylation is 2. The molecule has 2 heterocycles. The number of nitrogens with zero attached hydrogens (tertiary/aromatic N) is 2. The molecule has 1 saturated heterocycles. The fraction of sp³-hybridized carbons (Fsp3) is 0.400. The standard InChI is InChI=1S/C20H24N2O2S/c1-13-7-8-18(14(2)10-13)25-19-17(6-5-9-21-19)20(23)22-11-16(4)24-12-15(22)3/h5-10,15-16H,11-12H2,1-4H3. The van der Waals surface area contributed by atoms with Crippen molar-refractivity contribution in [2.24, 2.45) is 0 Å². The topological polar surface area (TPSA) is 42.4 Å². The summed E-state index contributed by atoms with van der Waals surface area (Å²) in [5.74, 6) is 0.0306. The van der Waals surface area contributed by atoms with Gasteiger partial charge < -0.3 is 9.64 Å². The van der Waals surface area contributed by atoms with E-state index in [-0.39, 0.29) is 18.1 Å². The van der Waals surface area contributed by atoms with E-state index in [2.05, 4.69) is 37.0 Å². The SMILES string of the molecule is Cc1ccc(Sc2ncccc2C(=O)N2CC(C)OCC2C)c(C)c1. The Hall–Kier alpha value is -1.85. The molecule has 0 saturated carbocycles. The lowest BCUT2D eigenvalue weighted by molar-refractivity contribution is -0.0388. The third kappa shape index (κ3) is 4.05. The van der Waals surface area contributed by atoms with E-state index in [9.17, 15) is 4.79 Å². The number of amides is 1. The lowest BCUT2D eigenvalue weighted by Crippen LogP contribution is -2.50. The van der Waals surface area contributed by atoms with Gasteiger partial charge in [0.2, 0.25) is 0 Å². The molecule has 1 amide bonds. The van der Waals surface area contributed by atoms with E-state index in [1.807, 2.05) is 30.9 Å². The Balaban J connectivity index is 1.89. The van der Waals surface area contributed by atoms with Gasteiger partial charge in [-0.2, -0.15) is 0 Å². The van der Waals surface area contributed by atoms with E-state index in [0.717, 1.165) is 9.92 Å². The van der Waals surface area contributed by atoms with Gasteiger partial charge in [-0.1, -0.05) is 29.5 Å². The lowest BCUT2D eigenvalue weighted by Gasteiger charge is -2.37. The van der Waals surface area contributed by atoms with Gasteiger partial charge in [0.05, 0.1) is 24.3 Å². The van der Waals surface area contributed by atoms with Crippen LogP contribution in [0.4, 0.5) is 0 Å². The minimum absolute atomic E-state index is 0.0306. The van der Waals surface area contributed by atoms with Gasteiger partial charge in [0.15, 0.2) is 0 Å². The summed E-state index contributed by atoms with van der Waals surface area (Å²) in [5.41, 5.74) is 3.09. The highest BCUT2D eigenvalue weighted by Crippen LogP contribution is 2.32. The van der Waals surface area contributed by atoms with Crippen molar-refractivity contribution in [2.75, 3.05) is 13.2 Å². The maximum Gasteiger partial charge on any atom is 0.257 e. The molecule has 0 radical (unpaired) electrons. The summed E-state index contributed by atoms with van der Waals surface area (Å²) in [4.78, 5) is 20.6. The predicted molar refractivity (Wildman–Crippen MR) is 100 cm³/mol. The fourth-order valence-corrected chi connectivity index (χ4v) is 3.94. The molecule has 0 N–H and O–H groups in total. The van der Waals surface area contributed by atoms with Gasteiger partial charge >= 0.3 is 0 Å². The first-order valence-electron chi connectivity index (χ1n) is 8.58. The number of benzene rings is 1. The summed E-state index contributed by atoms with van der Waals surface area (Å²) in [7, 11) is 0. The predicted octanol–water partition coefficient (Wildman–Crippen LogP) is 4.10. The molecular formula is C20H24N2O2S. The van der Waals surface area contributed by atoms with Crippen molar-refractivity contribution >= 4 is 17.7 Å². The Kier molecular flexibility index (Phi) is 5.45. The van der Waals surface area contributed by atoms with Crippen molar-refractivity contribution < 1.29 is 9.53 Å². The lowest BCUT2D eigenvalue weighted by atomic mass is 10.1. The van der Waals surface area contributed by atoms with Crippen molar-refractivity contribution in [3.8, 4) is 0 Å². The molecular weight excluding hydrogens is 332 g/mol. The van der Waals surface area contributed by atoms with Crippen LogP contribution in [0, 0.1) is 13.8 Å². The summed E-state index contributed by atoms with van der Waals surface area (Å²) < 4.78 is 5.64. The Morgan fingerprint density at radius 1 is 1.28 bits per heavy atom. The van der Waals surface area contributed by atoms with Crippen LogP contribution >= 0.6 is 11.8 Å². The minimum atomic E-state index is 0.0306. The Morgan fingerprint density at radius 2 is 2.08 bits per heavy atom. The summed E-state index contributed by atoms with van der Waals surface area (Å²) in [6.45, 7) is 9.39. The Bertz CT molecular complexity index is 778. The number of morpholine rings is 1. The van der Waals surface area contributed by atoms with Crippen molar-refractivity contribution in [2.45, 2.75) is 49.8 Å². The molecule has 2 aromatic rings. The molecule has 3 rings (SSSR count). The fourth-order valence-electron chi connectivity index (χ4n) is 2.99. The molecule has 0 spiro atoms. The van der Waals surface area contributed by atoms with E-state index in [1.54, 1.807) is 18.0 Å². The first kappa shape index (κ1) is 18.0. The van der Waals surface area contributed by atoms with Crippen LogP contribution in [-0.2, 0) is 4.74 Å². The molecule has 132 valence electrons. The number of carbonyl (C=O) groups is 1. The highest BCUT2D eigenvalue weighted by Gasteiger charge is 2.29. The highest BCUT2D eigenvalue weighted by atomic mass is 32.2. The number of ether oxygens (including phenoxy) is 1. The molecule has 1 aliphatic heterocycles. The van der Waals surface area contributed by atoms with Gasteiger partial charge in [-0.05, 0) is 51.5 Å². The first-order valence-corrected chi connectivity index (χ1v) is 9.40. The summed E-state index contributed by atoms with van der Waals surface area (Å²) in [6.07, 6.45) is 1.81. The van der Waals surface area contributed by atoms with Crippen LogP contribution in [0.1, 0.15) is 35.3 Å². The summed E-state index contributed by atoms with van der Waals surface area (Å²) >= 11 is 1.55. The molecule has 1 aliphatic rings. The molecule has 1 aromatic heterocycles. The Morgan fingerprint density at radius 3 is 2.84 bits per heavy atom. The molecule has 25 heavy (non-hydrogen) atoms. The molecule has 4 nitrogen and oxygen atoms in total. The van der Waals surface area contributed by atoms with Crippen LogP contribution in [0.25, 0.3) is 0 Å². The van der Waals surface area contributed by atoms with Gasteiger partial charge in [-0.25, -0.2) is 4.98 Å². The highest BCUT2D eigenvalue weighted by molar-refractivity contribution is 7.99. The maximum absolute atomic E-state index is 13.1. The van der Waals surface area contributed by atoms with Gasteiger partial charge in [-0.3, -0.25) is 4.79 Å². The average molecular weight is 356 g/mol. The number of pyridine rings is 1. The third-order valence-electron chi connectivity index (χ3n) is 4.41. The Labute approximate surface area is 153 Å². The van der Waals surface area contributed by atoms with Gasteiger partial charge in [-0.15, -0.1) is 0 Å². The number of hydrogen-bond acceptors (Lipinski definition) is 4. The largest absolute Gasteiger partial charge is 0.375 e. The molecule has 0 aliphatic carbocycles. The summed E-state index contributed by atoms with van der Waals surface area (Å²) in [5, 5.41) is 0.755. The van der Waals surface area contributed by atoms with Crippen LogP contribution in [0.15, 0.2) is 46.5 Å². The van der Waals surface area contributed by atoms with Crippen LogP contribution in [-0.4, -0.2) is 41.1 Å². The van der Waals surface area contributed by atoms with E-state index >= 15 is 0 Å². The van der Waals surface area contributed by atoms with E-state index in [1.165, 1.54) is 11.1 Å².